The molecule has 0 radical (unpaired) electrons. The minimum atomic E-state index is -3.06. The summed E-state index contributed by atoms with van der Waals surface area (Å²) in [5, 5.41) is 3.39. The zero-order valence-corrected chi connectivity index (χ0v) is 12.9. The Morgan fingerprint density at radius 2 is 2.05 bits per heavy atom. The molecule has 1 aliphatic heterocycles. The van der Waals surface area contributed by atoms with Gasteiger partial charge in [-0.15, -0.1) is 0 Å². The van der Waals surface area contributed by atoms with Crippen LogP contribution in [0.3, 0.4) is 0 Å². The Bertz CT molecular complexity index is 915. The Morgan fingerprint density at radius 1 is 1.32 bits per heavy atom. The van der Waals surface area contributed by atoms with E-state index in [1.165, 1.54) is 10.6 Å². The van der Waals surface area contributed by atoms with Gasteiger partial charge in [-0.2, -0.15) is 0 Å². The van der Waals surface area contributed by atoms with E-state index >= 15 is 0 Å². The summed E-state index contributed by atoms with van der Waals surface area (Å²) in [7, 11) is -1.41. The second kappa shape index (κ2) is 5.24. The van der Waals surface area contributed by atoms with Crippen molar-refractivity contribution in [3.05, 3.63) is 46.2 Å². The molecule has 1 aromatic heterocycles. The minimum absolute atomic E-state index is 0.0402. The number of nitrogens with one attached hydrogen (secondary N) is 1. The molecule has 2 aromatic rings. The lowest BCUT2D eigenvalue weighted by Gasteiger charge is -2.13. The van der Waals surface area contributed by atoms with Crippen molar-refractivity contribution in [3.8, 4) is 0 Å². The predicted octanol–water partition coefficient (Wildman–Crippen LogP) is 0.455. The average Bonchev–Trinajstić information content (AvgIpc) is 2.81. The van der Waals surface area contributed by atoms with Crippen molar-refractivity contribution in [1.82, 2.24) is 9.88 Å². The Labute approximate surface area is 127 Å². The summed E-state index contributed by atoms with van der Waals surface area (Å²) in [6, 6.07) is 8.04. The molecule has 116 valence electrons. The lowest BCUT2D eigenvalue weighted by Crippen LogP contribution is -2.36. The molecular formula is C15H16N2O4S. The Morgan fingerprint density at radius 3 is 2.73 bits per heavy atom. The molecule has 2 heterocycles. The first kappa shape index (κ1) is 14.8. The van der Waals surface area contributed by atoms with Gasteiger partial charge in [-0.25, -0.2) is 8.42 Å². The molecule has 6 nitrogen and oxygen atoms in total. The van der Waals surface area contributed by atoms with Crippen molar-refractivity contribution >= 4 is 26.6 Å². The number of para-hydroxylation sites is 1. The van der Waals surface area contributed by atoms with Crippen LogP contribution in [0, 0.1) is 0 Å². The van der Waals surface area contributed by atoms with Crippen LogP contribution in [0.5, 0.6) is 0 Å². The van der Waals surface area contributed by atoms with Gasteiger partial charge in [-0.3, -0.25) is 9.59 Å². The first-order valence-corrected chi connectivity index (χ1v) is 8.79. The average molecular weight is 320 g/mol. The number of hydrogen-bond donors (Lipinski definition) is 1. The van der Waals surface area contributed by atoms with Gasteiger partial charge in [0.15, 0.2) is 9.84 Å². The van der Waals surface area contributed by atoms with E-state index in [1.54, 1.807) is 31.3 Å². The van der Waals surface area contributed by atoms with Gasteiger partial charge < -0.3 is 9.88 Å². The molecule has 0 saturated carbocycles. The number of hydrogen-bond acceptors (Lipinski definition) is 4. The van der Waals surface area contributed by atoms with Gasteiger partial charge in [0, 0.05) is 24.5 Å². The van der Waals surface area contributed by atoms with Gasteiger partial charge in [0.1, 0.15) is 0 Å². The number of fused-ring (bicyclic) bond motifs is 1. The van der Waals surface area contributed by atoms with Crippen LogP contribution in [0.2, 0.25) is 0 Å². The fourth-order valence-corrected chi connectivity index (χ4v) is 4.44. The van der Waals surface area contributed by atoms with E-state index in [9.17, 15) is 18.0 Å². The molecular weight excluding hydrogens is 304 g/mol. The normalized spacial score (nSPS) is 20.1. The van der Waals surface area contributed by atoms with Crippen LogP contribution in [0.4, 0.5) is 0 Å². The number of amides is 1. The molecule has 3 rings (SSSR count). The Balaban J connectivity index is 1.98. The highest BCUT2D eigenvalue weighted by molar-refractivity contribution is 7.91. The molecule has 1 amide bonds. The zero-order valence-electron chi connectivity index (χ0n) is 12.1. The number of sulfone groups is 1. The standard InChI is InChI=1S/C15H16N2O4S/c1-17-13-5-3-2-4-11(13)12(8-14(17)18)15(19)16-10-6-7-22(20,21)9-10/h2-5,8,10H,6-7,9H2,1H3,(H,16,19)/t10-/m1/s1. The number of pyridine rings is 1. The molecule has 1 fully saturated rings. The number of aryl methyl sites for hydroxylation is 1. The van der Waals surface area contributed by atoms with E-state index in [0.29, 0.717) is 17.3 Å². The summed E-state index contributed by atoms with van der Waals surface area (Å²) < 4.78 is 24.4. The van der Waals surface area contributed by atoms with Crippen LogP contribution >= 0.6 is 0 Å². The first-order valence-electron chi connectivity index (χ1n) is 6.97. The maximum Gasteiger partial charge on any atom is 0.252 e. The fourth-order valence-electron chi connectivity index (χ4n) is 2.77. The first-order chi connectivity index (χ1) is 10.4. The van der Waals surface area contributed by atoms with Crippen LogP contribution in [-0.4, -0.2) is 36.4 Å². The molecule has 1 N–H and O–H groups in total. The van der Waals surface area contributed by atoms with Crippen LogP contribution < -0.4 is 10.9 Å². The van der Waals surface area contributed by atoms with E-state index in [-0.39, 0.29) is 28.7 Å². The lowest BCUT2D eigenvalue weighted by molar-refractivity contribution is 0.0942. The summed E-state index contributed by atoms with van der Waals surface area (Å²) in [5.41, 5.74) is 0.671. The predicted molar refractivity (Wildman–Crippen MR) is 83.7 cm³/mol. The van der Waals surface area contributed by atoms with Crippen LogP contribution in [0.25, 0.3) is 10.9 Å². The number of carbonyl (C=O) groups is 1. The topological polar surface area (TPSA) is 85.2 Å². The third-order valence-electron chi connectivity index (χ3n) is 3.97. The van der Waals surface area contributed by atoms with Crippen molar-refractivity contribution < 1.29 is 13.2 Å². The molecule has 1 saturated heterocycles. The molecule has 0 bridgehead atoms. The lowest BCUT2D eigenvalue weighted by atomic mass is 10.1. The van der Waals surface area contributed by atoms with Gasteiger partial charge in [0.05, 0.1) is 22.6 Å². The minimum Gasteiger partial charge on any atom is -0.348 e. The summed E-state index contributed by atoms with van der Waals surface area (Å²) in [6.07, 6.45) is 0.414. The number of nitrogens with zero attached hydrogens (tertiary/aromatic N) is 1. The molecule has 0 unspecified atom stereocenters. The second-order valence-electron chi connectivity index (χ2n) is 5.55. The molecule has 22 heavy (non-hydrogen) atoms. The van der Waals surface area contributed by atoms with E-state index in [1.807, 2.05) is 0 Å². The summed E-state index contributed by atoms with van der Waals surface area (Å²) >= 11 is 0. The van der Waals surface area contributed by atoms with E-state index in [2.05, 4.69) is 5.32 Å². The Hall–Kier alpha value is -2.15. The highest BCUT2D eigenvalue weighted by Gasteiger charge is 2.29. The number of benzene rings is 1. The monoisotopic (exact) mass is 320 g/mol. The number of aromatic nitrogens is 1. The highest BCUT2D eigenvalue weighted by Crippen LogP contribution is 2.17. The van der Waals surface area contributed by atoms with Gasteiger partial charge in [-0.1, -0.05) is 18.2 Å². The quantitative estimate of drug-likeness (QED) is 0.871. The second-order valence-corrected chi connectivity index (χ2v) is 7.77. The third-order valence-corrected chi connectivity index (χ3v) is 5.73. The van der Waals surface area contributed by atoms with Gasteiger partial charge >= 0.3 is 0 Å². The molecule has 0 aliphatic carbocycles. The molecule has 1 aliphatic rings. The zero-order chi connectivity index (χ0) is 15.9. The van der Waals surface area contributed by atoms with Crippen molar-refractivity contribution in [1.29, 1.82) is 0 Å². The smallest absolute Gasteiger partial charge is 0.252 e. The maximum absolute atomic E-state index is 12.4. The van der Waals surface area contributed by atoms with Crippen molar-refractivity contribution in [2.24, 2.45) is 7.05 Å². The number of carbonyl (C=O) groups excluding carboxylic acids is 1. The number of rotatable bonds is 2. The summed E-state index contributed by atoms with van der Waals surface area (Å²) in [6.45, 7) is 0. The fraction of sp³-hybridized carbons (Fsp3) is 0.333. The van der Waals surface area contributed by atoms with Gasteiger partial charge in [-0.05, 0) is 12.5 Å². The third kappa shape index (κ3) is 2.64. The molecule has 1 aromatic carbocycles. The maximum atomic E-state index is 12.4. The molecule has 0 spiro atoms. The van der Waals surface area contributed by atoms with E-state index in [0.717, 1.165) is 0 Å². The summed E-state index contributed by atoms with van der Waals surface area (Å²) in [5.74, 6) is -0.354. The summed E-state index contributed by atoms with van der Waals surface area (Å²) in [4.78, 5) is 24.4. The van der Waals surface area contributed by atoms with Crippen LogP contribution in [0.1, 0.15) is 16.8 Å². The Kier molecular flexibility index (Phi) is 3.52. The van der Waals surface area contributed by atoms with Gasteiger partial charge in [0.2, 0.25) is 0 Å². The molecule has 7 heteroatoms. The van der Waals surface area contributed by atoms with E-state index in [4.69, 9.17) is 0 Å². The largest absolute Gasteiger partial charge is 0.348 e. The van der Waals surface area contributed by atoms with E-state index < -0.39 is 15.7 Å². The van der Waals surface area contributed by atoms with Crippen LogP contribution in [-0.2, 0) is 16.9 Å². The van der Waals surface area contributed by atoms with Crippen LogP contribution in [0.15, 0.2) is 35.1 Å². The SMILES string of the molecule is Cn1c(=O)cc(C(=O)N[C@@H]2CCS(=O)(=O)C2)c2ccccc21. The van der Waals surface area contributed by atoms with Crippen molar-refractivity contribution in [3.63, 3.8) is 0 Å². The van der Waals surface area contributed by atoms with Crippen molar-refractivity contribution in [2.75, 3.05) is 11.5 Å². The molecule has 1 atom stereocenters. The van der Waals surface area contributed by atoms with Crippen molar-refractivity contribution in [2.45, 2.75) is 12.5 Å². The van der Waals surface area contributed by atoms with Gasteiger partial charge in [0.25, 0.3) is 11.5 Å². The highest BCUT2D eigenvalue weighted by atomic mass is 32.2.